The van der Waals surface area contributed by atoms with Crippen LogP contribution in [-0.2, 0) is 16.0 Å². The Labute approximate surface area is 189 Å². The Balaban J connectivity index is 1.55. The van der Waals surface area contributed by atoms with Crippen molar-refractivity contribution in [3.05, 3.63) is 107 Å². The van der Waals surface area contributed by atoms with Crippen molar-refractivity contribution in [2.75, 3.05) is 6.54 Å². The molecule has 0 saturated carbocycles. The number of hydrogen-bond donors (Lipinski definition) is 2. The lowest BCUT2D eigenvalue weighted by molar-refractivity contribution is -0.139. The number of aromatic amines is 1. The van der Waals surface area contributed by atoms with Gasteiger partial charge in [-0.3, -0.25) is 14.6 Å². The van der Waals surface area contributed by atoms with Gasteiger partial charge >= 0.3 is 0 Å². The van der Waals surface area contributed by atoms with Gasteiger partial charge < -0.3 is 15.0 Å². The predicted molar refractivity (Wildman–Crippen MR) is 122 cm³/mol. The number of Topliss-reactive ketones (excluding diaryl/α,β-unsaturated/α-hetero) is 1. The predicted octanol–water partition coefficient (Wildman–Crippen LogP) is 4.37. The van der Waals surface area contributed by atoms with Crippen molar-refractivity contribution in [1.82, 2.24) is 14.9 Å². The van der Waals surface area contributed by atoms with Crippen molar-refractivity contribution in [3.8, 4) is 0 Å². The van der Waals surface area contributed by atoms with Gasteiger partial charge in [-0.05, 0) is 54.4 Å². The van der Waals surface area contributed by atoms with Gasteiger partial charge in [-0.25, -0.2) is 4.39 Å². The highest BCUT2D eigenvalue weighted by Crippen LogP contribution is 2.38. The van der Waals surface area contributed by atoms with E-state index >= 15 is 0 Å². The summed E-state index contributed by atoms with van der Waals surface area (Å²) in [7, 11) is 0. The minimum atomic E-state index is -0.846. The van der Waals surface area contributed by atoms with Gasteiger partial charge in [0.15, 0.2) is 0 Å². The van der Waals surface area contributed by atoms with E-state index in [1.807, 2.05) is 30.5 Å². The molecule has 4 aromatic rings. The third-order valence-corrected chi connectivity index (χ3v) is 5.92. The zero-order chi connectivity index (χ0) is 22.9. The second kappa shape index (κ2) is 8.35. The lowest BCUT2D eigenvalue weighted by Crippen LogP contribution is -2.32. The van der Waals surface area contributed by atoms with Crippen molar-refractivity contribution in [2.45, 2.75) is 12.5 Å². The van der Waals surface area contributed by atoms with E-state index in [2.05, 4.69) is 9.97 Å². The number of para-hydroxylation sites is 1. The average molecular weight is 441 g/mol. The van der Waals surface area contributed by atoms with E-state index in [9.17, 15) is 19.1 Å². The molecule has 6 nitrogen and oxygen atoms in total. The summed E-state index contributed by atoms with van der Waals surface area (Å²) in [5.74, 6) is -2.30. The topological polar surface area (TPSA) is 86.3 Å². The summed E-state index contributed by atoms with van der Waals surface area (Å²) in [5.41, 5.74) is 2.69. The number of ketones is 1. The smallest absolute Gasteiger partial charge is 0.295 e. The van der Waals surface area contributed by atoms with Crippen LogP contribution >= 0.6 is 0 Å². The van der Waals surface area contributed by atoms with E-state index in [4.69, 9.17) is 0 Å². The van der Waals surface area contributed by atoms with Crippen molar-refractivity contribution in [2.24, 2.45) is 0 Å². The molecule has 1 aliphatic rings. The second-order valence-corrected chi connectivity index (χ2v) is 7.86. The normalized spacial score (nSPS) is 17.7. The highest BCUT2D eigenvalue weighted by Gasteiger charge is 2.46. The molecule has 2 N–H and O–H groups in total. The van der Waals surface area contributed by atoms with Gasteiger partial charge in [0.2, 0.25) is 0 Å². The number of fused-ring (bicyclic) bond motifs is 1. The maximum absolute atomic E-state index is 13.4. The maximum Gasteiger partial charge on any atom is 0.295 e. The van der Waals surface area contributed by atoms with Crippen LogP contribution in [0.25, 0.3) is 16.7 Å². The van der Waals surface area contributed by atoms with Crippen molar-refractivity contribution in [1.29, 1.82) is 0 Å². The average Bonchev–Trinajstić information content (AvgIpc) is 3.37. The summed E-state index contributed by atoms with van der Waals surface area (Å²) in [5, 5.41) is 12.0. The standard InChI is InChI=1S/C26H20FN3O3/c27-18-10-8-16(9-11-18)24(31)22-23(21-7-3-4-13-28-21)30(26(33)25(22)32)14-12-17-15-29-20-6-2-1-5-19(17)20/h1-11,13,15,23,29,31H,12,14H2/b24-22+. The Morgan fingerprint density at radius 3 is 2.55 bits per heavy atom. The molecule has 0 aliphatic carbocycles. The molecule has 0 spiro atoms. The van der Waals surface area contributed by atoms with Crippen molar-refractivity contribution in [3.63, 3.8) is 0 Å². The monoisotopic (exact) mass is 441 g/mol. The number of carbonyl (C=O) groups is 2. The van der Waals surface area contributed by atoms with E-state index in [0.717, 1.165) is 16.5 Å². The Bertz CT molecular complexity index is 1380. The lowest BCUT2D eigenvalue weighted by Gasteiger charge is -2.24. The summed E-state index contributed by atoms with van der Waals surface area (Å²) in [4.78, 5) is 35.1. The van der Waals surface area contributed by atoms with Crippen LogP contribution in [0.3, 0.4) is 0 Å². The quantitative estimate of drug-likeness (QED) is 0.274. The number of nitrogens with one attached hydrogen (secondary N) is 1. The van der Waals surface area contributed by atoms with E-state index < -0.39 is 23.5 Å². The fourth-order valence-electron chi connectivity index (χ4n) is 4.30. The van der Waals surface area contributed by atoms with Crippen LogP contribution in [0, 0.1) is 5.82 Å². The minimum Gasteiger partial charge on any atom is -0.507 e. The molecular weight excluding hydrogens is 421 g/mol. The number of hydrogen-bond acceptors (Lipinski definition) is 4. The number of benzene rings is 2. The number of halogens is 1. The maximum atomic E-state index is 13.4. The van der Waals surface area contributed by atoms with Crippen LogP contribution in [-0.4, -0.2) is 38.2 Å². The van der Waals surface area contributed by atoms with Crippen LogP contribution in [0.5, 0.6) is 0 Å². The van der Waals surface area contributed by atoms with Crippen molar-refractivity contribution >= 4 is 28.4 Å². The molecule has 33 heavy (non-hydrogen) atoms. The van der Waals surface area contributed by atoms with Gasteiger partial charge in [0, 0.05) is 35.4 Å². The summed E-state index contributed by atoms with van der Waals surface area (Å²) >= 11 is 0. The molecular formula is C26H20FN3O3. The summed E-state index contributed by atoms with van der Waals surface area (Å²) in [6, 6.07) is 17.4. The number of aliphatic hydroxyl groups excluding tert-OH is 1. The molecule has 1 atom stereocenters. The van der Waals surface area contributed by atoms with Gasteiger partial charge in [-0.15, -0.1) is 0 Å². The minimum absolute atomic E-state index is 0.0516. The molecule has 5 rings (SSSR count). The zero-order valence-electron chi connectivity index (χ0n) is 17.5. The van der Waals surface area contributed by atoms with Gasteiger partial charge in [-0.2, -0.15) is 0 Å². The van der Waals surface area contributed by atoms with E-state index in [0.29, 0.717) is 12.1 Å². The molecule has 1 amide bonds. The molecule has 2 aromatic carbocycles. The molecule has 7 heteroatoms. The van der Waals surface area contributed by atoms with Crippen LogP contribution in [0.1, 0.15) is 22.9 Å². The molecule has 1 fully saturated rings. The number of likely N-dealkylation sites (tertiary alicyclic amines) is 1. The first-order valence-electron chi connectivity index (χ1n) is 10.5. The molecule has 1 aliphatic heterocycles. The molecule has 0 bridgehead atoms. The number of nitrogens with zero attached hydrogens (tertiary/aromatic N) is 2. The van der Waals surface area contributed by atoms with Crippen LogP contribution in [0.2, 0.25) is 0 Å². The van der Waals surface area contributed by atoms with Crippen LogP contribution in [0.4, 0.5) is 4.39 Å². The van der Waals surface area contributed by atoms with E-state index in [1.54, 1.807) is 24.4 Å². The number of amides is 1. The number of aromatic nitrogens is 2. The Morgan fingerprint density at radius 1 is 1.03 bits per heavy atom. The first-order valence-corrected chi connectivity index (χ1v) is 10.5. The van der Waals surface area contributed by atoms with Crippen molar-refractivity contribution < 1.29 is 19.1 Å². The number of aliphatic hydroxyl groups is 1. The van der Waals surface area contributed by atoms with E-state index in [-0.39, 0.29) is 23.4 Å². The lowest BCUT2D eigenvalue weighted by atomic mass is 9.98. The Kier molecular flexibility index (Phi) is 5.22. The number of carbonyl (C=O) groups excluding carboxylic acids is 2. The highest BCUT2D eigenvalue weighted by molar-refractivity contribution is 6.46. The molecule has 164 valence electrons. The SMILES string of the molecule is O=C1C(=O)N(CCc2c[nH]c3ccccc23)C(c2ccccn2)/C1=C(\O)c1ccc(F)cc1. The third-order valence-electron chi connectivity index (χ3n) is 5.92. The zero-order valence-corrected chi connectivity index (χ0v) is 17.5. The third kappa shape index (κ3) is 3.67. The molecule has 1 unspecified atom stereocenters. The van der Waals surface area contributed by atoms with Gasteiger partial charge in [0.05, 0.1) is 11.3 Å². The van der Waals surface area contributed by atoms with E-state index in [1.165, 1.54) is 29.2 Å². The van der Waals surface area contributed by atoms with Gasteiger partial charge in [0.25, 0.3) is 11.7 Å². The Morgan fingerprint density at radius 2 is 1.79 bits per heavy atom. The van der Waals surface area contributed by atoms with Crippen LogP contribution in [0.15, 0.2) is 84.7 Å². The summed E-state index contributed by atoms with van der Waals surface area (Å²) < 4.78 is 13.4. The number of rotatable bonds is 5. The van der Waals surface area contributed by atoms with Gasteiger partial charge in [-0.1, -0.05) is 24.3 Å². The summed E-state index contributed by atoms with van der Waals surface area (Å²) in [6.45, 7) is 0.258. The van der Waals surface area contributed by atoms with Gasteiger partial charge in [0.1, 0.15) is 17.6 Å². The second-order valence-electron chi connectivity index (χ2n) is 7.86. The first-order chi connectivity index (χ1) is 16.0. The fraction of sp³-hybridized carbons (Fsp3) is 0.115. The highest BCUT2D eigenvalue weighted by atomic mass is 19.1. The molecule has 0 radical (unpaired) electrons. The molecule has 2 aromatic heterocycles. The fourth-order valence-corrected chi connectivity index (χ4v) is 4.30. The molecule has 3 heterocycles. The summed E-state index contributed by atoms with van der Waals surface area (Å²) in [6.07, 6.45) is 3.99. The number of H-pyrrole nitrogens is 1. The van der Waals surface area contributed by atoms with Crippen LogP contribution < -0.4 is 0 Å². The largest absolute Gasteiger partial charge is 0.507 e. The Hall–Kier alpha value is -4.26. The first kappa shape index (κ1) is 20.6. The number of pyridine rings is 1. The molecule has 1 saturated heterocycles.